The standard InChI is InChI=1S/C12H21NO2/c1-4-11(14)12(15-3)7-9-5-6-10(8-12)13(9)2/h9-10H,4-8H2,1-3H3. The summed E-state index contributed by atoms with van der Waals surface area (Å²) in [5.74, 6) is 0.287. The first-order valence-corrected chi connectivity index (χ1v) is 5.93. The van der Waals surface area contributed by atoms with Gasteiger partial charge in [0.25, 0.3) is 0 Å². The van der Waals surface area contributed by atoms with Crippen LogP contribution in [0.25, 0.3) is 0 Å². The van der Waals surface area contributed by atoms with E-state index < -0.39 is 5.60 Å². The summed E-state index contributed by atoms with van der Waals surface area (Å²) < 4.78 is 5.58. The van der Waals surface area contributed by atoms with Gasteiger partial charge in [-0.25, -0.2) is 0 Å². The highest BCUT2D eigenvalue weighted by Crippen LogP contribution is 2.42. The average Bonchev–Trinajstić information content (AvgIpc) is 2.52. The number of methoxy groups -OCH3 is 1. The van der Waals surface area contributed by atoms with E-state index in [-0.39, 0.29) is 5.78 Å². The highest BCUT2D eigenvalue weighted by Gasteiger charge is 2.50. The van der Waals surface area contributed by atoms with Crippen LogP contribution in [-0.4, -0.2) is 42.5 Å². The monoisotopic (exact) mass is 211 g/mol. The molecule has 2 aliphatic heterocycles. The van der Waals surface area contributed by atoms with Crippen LogP contribution in [0.4, 0.5) is 0 Å². The SMILES string of the molecule is CCC(=O)C1(OC)CC2CCC(C1)N2C. The fraction of sp³-hybridized carbons (Fsp3) is 0.917. The molecule has 0 amide bonds. The van der Waals surface area contributed by atoms with Crippen molar-refractivity contribution in [2.75, 3.05) is 14.2 Å². The zero-order valence-corrected chi connectivity index (χ0v) is 9.95. The third kappa shape index (κ3) is 1.62. The van der Waals surface area contributed by atoms with E-state index in [4.69, 9.17) is 4.74 Å². The van der Waals surface area contributed by atoms with Crippen LogP contribution in [-0.2, 0) is 9.53 Å². The minimum Gasteiger partial charge on any atom is -0.370 e. The minimum atomic E-state index is -0.465. The lowest BCUT2D eigenvalue weighted by Gasteiger charge is -2.43. The van der Waals surface area contributed by atoms with Crippen LogP contribution < -0.4 is 0 Å². The fourth-order valence-electron chi connectivity index (χ4n) is 3.26. The molecule has 2 rings (SSSR count). The number of nitrogens with zero attached hydrogens (tertiary/aromatic N) is 1. The third-order valence-electron chi connectivity index (χ3n) is 4.34. The molecule has 0 spiro atoms. The second-order valence-electron chi connectivity index (χ2n) is 4.93. The van der Waals surface area contributed by atoms with Crippen molar-refractivity contribution >= 4 is 5.78 Å². The molecule has 2 atom stereocenters. The van der Waals surface area contributed by atoms with Crippen molar-refractivity contribution in [2.45, 2.75) is 56.7 Å². The summed E-state index contributed by atoms with van der Waals surface area (Å²) >= 11 is 0. The number of Topliss-reactive ketones (excluding diaryl/α,β-unsaturated/α-hetero) is 1. The van der Waals surface area contributed by atoms with Crippen LogP contribution in [0.3, 0.4) is 0 Å². The van der Waals surface area contributed by atoms with Gasteiger partial charge in [0.15, 0.2) is 5.78 Å². The molecule has 0 aromatic carbocycles. The summed E-state index contributed by atoms with van der Waals surface area (Å²) in [6.45, 7) is 1.93. The van der Waals surface area contributed by atoms with Crippen LogP contribution >= 0.6 is 0 Å². The maximum atomic E-state index is 12.0. The minimum absolute atomic E-state index is 0.287. The van der Waals surface area contributed by atoms with Gasteiger partial charge in [-0.15, -0.1) is 0 Å². The molecular weight excluding hydrogens is 190 g/mol. The number of hydrogen-bond donors (Lipinski definition) is 0. The van der Waals surface area contributed by atoms with E-state index in [9.17, 15) is 4.79 Å². The Labute approximate surface area is 91.8 Å². The van der Waals surface area contributed by atoms with Gasteiger partial charge in [0, 0.05) is 25.6 Å². The highest BCUT2D eigenvalue weighted by atomic mass is 16.5. The first kappa shape index (κ1) is 11.1. The van der Waals surface area contributed by atoms with Crippen molar-refractivity contribution < 1.29 is 9.53 Å². The Hall–Kier alpha value is -0.410. The van der Waals surface area contributed by atoms with E-state index in [1.807, 2.05) is 6.92 Å². The molecule has 15 heavy (non-hydrogen) atoms. The topological polar surface area (TPSA) is 29.5 Å². The number of rotatable bonds is 3. The van der Waals surface area contributed by atoms with E-state index in [2.05, 4.69) is 11.9 Å². The van der Waals surface area contributed by atoms with Crippen molar-refractivity contribution in [3.63, 3.8) is 0 Å². The molecule has 3 heteroatoms. The molecular formula is C12H21NO2. The Bertz CT molecular complexity index is 250. The van der Waals surface area contributed by atoms with Crippen LogP contribution in [0.2, 0.25) is 0 Å². The summed E-state index contributed by atoms with van der Waals surface area (Å²) in [6.07, 6.45) is 4.83. The van der Waals surface area contributed by atoms with E-state index in [0.717, 1.165) is 12.8 Å². The molecule has 2 heterocycles. The maximum absolute atomic E-state index is 12.0. The Kier molecular flexibility index (Phi) is 2.86. The average molecular weight is 211 g/mol. The number of piperidine rings is 1. The number of ether oxygens (including phenoxy) is 1. The molecule has 2 unspecified atom stereocenters. The lowest BCUT2D eigenvalue weighted by molar-refractivity contribution is -0.150. The number of fused-ring (bicyclic) bond motifs is 2. The summed E-state index contributed by atoms with van der Waals surface area (Å²) in [6, 6.07) is 1.11. The van der Waals surface area contributed by atoms with Crippen LogP contribution in [0, 0.1) is 0 Å². The van der Waals surface area contributed by atoms with Crippen molar-refractivity contribution in [2.24, 2.45) is 0 Å². The summed E-state index contributed by atoms with van der Waals surface area (Å²) in [5.41, 5.74) is -0.465. The van der Waals surface area contributed by atoms with Gasteiger partial charge in [-0.05, 0) is 32.7 Å². The van der Waals surface area contributed by atoms with Gasteiger partial charge in [-0.3, -0.25) is 4.79 Å². The van der Waals surface area contributed by atoms with Gasteiger partial charge in [0.2, 0.25) is 0 Å². The van der Waals surface area contributed by atoms with E-state index in [0.29, 0.717) is 18.5 Å². The molecule has 0 aromatic rings. The summed E-state index contributed by atoms with van der Waals surface area (Å²) in [4.78, 5) is 14.4. The van der Waals surface area contributed by atoms with E-state index >= 15 is 0 Å². The lowest BCUT2D eigenvalue weighted by atomic mass is 9.82. The third-order valence-corrected chi connectivity index (χ3v) is 4.34. The molecule has 2 saturated heterocycles. The van der Waals surface area contributed by atoms with Crippen LogP contribution in [0.15, 0.2) is 0 Å². The first-order valence-electron chi connectivity index (χ1n) is 5.93. The van der Waals surface area contributed by atoms with Crippen molar-refractivity contribution in [1.82, 2.24) is 4.90 Å². The number of hydrogen-bond acceptors (Lipinski definition) is 3. The predicted octanol–water partition coefficient (Wildman–Crippen LogP) is 1.61. The fourth-order valence-corrected chi connectivity index (χ4v) is 3.26. The molecule has 2 aliphatic rings. The first-order chi connectivity index (χ1) is 7.13. The lowest BCUT2D eigenvalue weighted by Crippen LogP contribution is -2.54. The number of carbonyl (C=O) groups is 1. The maximum Gasteiger partial charge on any atom is 0.164 e. The Morgan fingerprint density at radius 1 is 1.40 bits per heavy atom. The Morgan fingerprint density at radius 2 is 1.93 bits per heavy atom. The van der Waals surface area contributed by atoms with Crippen molar-refractivity contribution in [3.8, 4) is 0 Å². The Morgan fingerprint density at radius 3 is 2.33 bits per heavy atom. The van der Waals surface area contributed by atoms with E-state index in [1.54, 1.807) is 7.11 Å². The molecule has 3 nitrogen and oxygen atoms in total. The predicted molar refractivity (Wildman–Crippen MR) is 58.8 cm³/mol. The zero-order chi connectivity index (χ0) is 11.1. The zero-order valence-electron chi connectivity index (χ0n) is 9.95. The summed E-state index contributed by atoms with van der Waals surface area (Å²) in [5, 5.41) is 0. The van der Waals surface area contributed by atoms with Gasteiger partial charge in [-0.1, -0.05) is 6.92 Å². The molecule has 2 fully saturated rings. The number of ketones is 1. The normalized spacial score (nSPS) is 40.7. The van der Waals surface area contributed by atoms with E-state index in [1.165, 1.54) is 12.8 Å². The van der Waals surface area contributed by atoms with Crippen molar-refractivity contribution in [3.05, 3.63) is 0 Å². The molecule has 0 radical (unpaired) electrons. The van der Waals surface area contributed by atoms with Gasteiger partial charge in [0.1, 0.15) is 5.60 Å². The smallest absolute Gasteiger partial charge is 0.164 e. The highest BCUT2D eigenvalue weighted by molar-refractivity contribution is 5.87. The second kappa shape index (κ2) is 3.87. The van der Waals surface area contributed by atoms with Gasteiger partial charge < -0.3 is 9.64 Å². The van der Waals surface area contributed by atoms with Gasteiger partial charge in [0.05, 0.1) is 0 Å². The number of carbonyl (C=O) groups excluding carboxylic acids is 1. The molecule has 0 aliphatic carbocycles. The molecule has 0 saturated carbocycles. The van der Waals surface area contributed by atoms with Gasteiger partial charge in [-0.2, -0.15) is 0 Å². The van der Waals surface area contributed by atoms with Crippen molar-refractivity contribution in [1.29, 1.82) is 0 Å². The molecule has 0 aromatic heterocycles. The van der Waals surface area contributed by atoms with Crippen LogP contribution in [0.5, 0.6) is 0 Å². The Balaban J connectivity index is 2.20. The van der Waals surface area contributed by atoms with Gasteiger partial charge >= 0.3 is 0 Å². The second-order valence-corrected chi connectivity index (χ2v) is 4.93. The largest absolute Gasteiger partial charge is 0.370 e. The molecule has 0 N–H and O–H groups in total. The molecule has 2 bridgehead atoms. The molecule has 86 valence electrons. The quantitative estimate of drug-likeness (QED) is 0.710. The van der Waals surface area contributed by atoms with Crippen LogP contribution in [0.1, 0.15) is 39.0 Å². The summed E-state index contributed by atoms with van der Waals surface area (Å²) in [7, 11) is 3.87.